The first kappa shape index (κ1) is 11.4. The molecule has 0 saturated carbocycles. The molecule has 0 aromatic heterocycles. The highest BCUT2D eigenvalue weighted by atomic mass is 127. The number of benzene rings is 1. The zero-order chi connectivity index (χ0) is 10.5. The summed E-state index contributed by atoms with van der Waals surface area (Å²) in [5, 5.41) is 3.57. The third-order valence-electron chi connectivity index (χ3n) is 2.73. The summed E-state index contributed by atoms with van der Waals surface area (Å²) in [5.41, 5.74) is 1.36. The lowest BCUT2D eigenvalue weighted by molar-refractivity contribution is 0.0776. The van der Waals surface area contributed by atoms with Crippen molar-refractivity contribution >= 4 is 22.6 Å². The summed E-state index contributed by atoms with van der Waals surface area (Å²) < 4.78 is 6.62. The van der Waals surface area contributed by atoms with Gasteiger partial charge in [0.15, 0.2) is 0 Å². The molecule has 82 valence electrons. The second-order valence-corrected chi connectivity index (χ2v) is 5.14. The second-order valence-electron chi connectivity index (χ2n) is 3.89. The molecule has 3 heteroatoms. The van der Waals surface area contributed by atoms with Crippen molar-refractivity contribution in [3.05, 3.63) is 33.4 Å². The molecular formula is C12H16INO. The smallest absolute Gasteiger partial charge is 0.0480 e. The summed E-state index contributed by atoms with van der Waals surface area (Å²) in [6.45, 7) is 2.79. The highest BCUT2D eigenvalue weighted by Crippen LogP contribution is 2.09. The fourth-order valence-electron chi connectivity index (χ4n) is 1.77. The van der Waals surface area contributed by atoms with Crippen LogP contribution in [0.25, 0.3) is 0 Å². The van der Waals surface area contributed by atoms with Crippen molar-refractivity contribution < 1.29 is 4.74 Å². The van der Waals surface area contributed by atoms with Crippen LogP contribution in [0.2, 0.25) is 0 Å². The topological polar surface area (TPSA) is 21.3 Å². The minimum absolute atomic E-state index is 0.637. The van der Waals surface area contributed by atoms with Crippen LogP contribution in [-0.4, -0.2) is 19.3 Å². The van der Waals surface area contributed by atoms with Gasteiger partial charge in [0.25, 0.3) is 0 Å². The lowest BCUT2D eigenvalue weighted by atomic mass is 10.1. The molecule has 0 atom stereocenters. The van der Waals surface area contributed by atoms with E-state index < -0.39 is 0 Å². The first-order valence-electron chi connectivity index (χ1n) is 5.40. The Kier molecular flexibility index (Phi) is 4.41. The maximum absolute atomic E-state index is 5.33. The fourth-order valence-corrected chi connectivity index (χ4v) is 2.13. The Labute approximate surface area is 105 Å². The summed E-state index contributed by atoms with van der Waals surface area (Å²) in [5.74, 6) is 0. The minimum Gasteiger partial charge on any atom is -0.381 e. The first-order chi connectivity index (χ1) is 7.34. The molecule has 0 unspecified atom stereocenters. The van der Waals surface area contributed by atoms with Gasteiger partial charge in [-0.15, -0.1) is 0 Å². The van der Waals surface area contributed by atoms with E-state index in [4.69, 9.17) is 4.74 Å². The summed E-state index contributed by atoms with van der Waals surface area (Å²) in [7, 11) is 0. The first-order valence-corrected chi connectivity index (χ1v) is 6.48. The zero-order valence-electron chi connectivity index (χ0n) is 8.71. The molecule has 1 N–H and O–H groups in total. The molecule has 0 spiro atoms. The van der Waals surface area contributed by atoms with Crippen molar-refractivity contribution in [1.29, 1.82) is 0 Å². The molecule has 0 bridgehead atoms. The van der Waals surface area contributed by atoms with Crippen molar-refractivity contribution in [2.75, 3.05) is 13.2 Å². The van der Waals surface area contributed by atoms with Gasteiger partial charge < -0.3 is 10.1 Å². The normalized spacial score (nSPS) is 17.9. The van der Waals surface area contributed by atoms with E-state index in [0.717, 1.165) is 32.6 Å². The van der Waals surface area contributed by atoms with Gasteiger partial charge in [0.2, 0.25) is 0 Å². The van der Waals surface area contributed by atoms with E-state index in [2.05, 4.69) is 52.2 Å². The quantitative estimate of drug-likeness (QED) is 0.865. The predicted octanol–water partition coefficient (Wildman–Crippen LogP) is 2.56. The predicted molar refractivity (Wildman–Crippen MR) is 69.8 cm³/mol. The summed E-state index contributed by atoms with van der Waals surface area (Å²) in [6, 6.07) is 9.32. The fraction of sp³-hybridized carbons (Fsp3) is 0.500. The molecule has 1 heterocycles. The second kappa shape index (κ2) is 5.82. The number of ether oxygens (including phenoxy) is 1. The summed E-state index contributed by atoms with van der Waals surface area (Å²) in [4.78, 5) is 0. The van der Waals surface area contributed by atoms with Crippen molar-refractivity contribution in [3.63, 3.8) is 0 Å². The van der Waals surface area contributed by atoms with Gasteiger partial charge >= 0.3 is 0 Å². The molecule has 1 aromatic carbocycles. The minimum atomic E-state index is 0.637. The maximum Gasteiger partial charge on any atom is 0.0480 e. The highest BCUT2D eigenvalue weighted by Gasteiger charge is 2.12. The Balaban J connectivity index is 1.79. The van der Waals surface area contributed by atoms with Gasteiger partial charge in [-0.2, -0.15) is 0 Å². The molecule has 1 aliphatic rings. The van der Waals surface area contributed by atoms with Crippen LogP contribution in [0.3, 0.4) is 0 Å². The van der Waals surface area contributed by atoms with E-state index >= 15 is 0 Å². The molecule has 0 radical (unpaired) electrons. The van der Waals surface area contributed by atoms with Crippen molar-refractivity contribution in [3.8, 4) is 0 Å². The Morgan fingerprint density at radius 3 is 2.53 bits per heavy atom. The lowest BCUT2D eigenvalue weighted by Crippen LogP contribution is -2.34. The Morgan fingerprint density at radius 2 is 1.87 bits per heavy atom. The highest BCUT2D eigenvalue weighted by molar-refractivity contribution is 14.1. The number of nitrogens with one attached hydrogen (secondary N) is 1. The Hall–Kier alpha value is -0.130. The number of rotatable bonds is 3. The van der Waals surface area contributed by atoms with E-state index in [0.29, 0.717) is 6.04 Å². The number of halogens is 1. The van der Waals surface area contributed by atoms with Crippen molar-refractivity contribution in [2.45, 2.75) is 25.4 Å². The van der Waals surface area contributed by atoms with Gasteiger partial charge in [-0.1, -0.05) is 12.1 Å². The van der Waals surface area contributed by atoms with E-state index in [1.807, 2.05) is 0 Å². The molecule has 1 aromatic rings. The third kappa shape index (κ3) is 3.74. The monoisotopic (exact) mass is 317 g/mol. The van der Waals surface area contributed by atoms with Crippen molar-refractivity contribution in [1.82, 2.24) is 5.32 Å². The molecule has 1 saturated heterocycles. The van der Waals surface area contributed by atoms with E-state index in [9.17, 15) is 0 Å². The lowest BCUT2D eigenvalue weighted by Gasteiger charge is -2.23. The Bertz CT molecular complexity index is 293. The van der Waals surface area contributed by atoms with Crippen LogP contribution in [0.4, 0.5) is 0 Å². The summed E-state index contributed by atoms with van der Waals surface area (Å²) in [6.07, 6.45) is 2.29. The van der Waals surface area contributed by atoms with Crippen LogP contribution in [0, 0.1) is 3.57 Å². The third-order valence-corrected chi connectivity index (χ3v) is 3.45. The largest absolute Gasteiger partial charge is 0.381 e. The molecule has 0 amide bonds. The Morgan fingerprint density at radius 1 is 1.20 bits per heavy atom. The van der Waals surface area contributed by atoms with Crippen LogP contribution < -0.4 is 5.32 Å². The zero-order valence-corrected chi connectivity index (χ0v) is 10.9. The van der Waals surface area contributed by atoms with Gasteiger partial charge in [0.05, 0.1) is 0 Å². The van der Waals surface area contributed by atoms with Gasteiger partial charge in [0, 0.05) is 29.4 Å². The molecular weight excluding hydrogens is 301 g/mol. The van der Waals surface area contributed by atoms with E-state index in [-0.39, 0.29) is 0 Å². The molecule has 0 aliphatic carbocycles. The summed E-state index contributed by atoms with van der Waals surface area (Å²) >= 11 is 2.33. The van der Waals surface area contributed by atoms with Crippen LogP contribution >= 0.6 is 22.6 Å². The van der Waals surface area contributed by atoms with Gasteiger partial charge in [-0.3, -0.25) is 0 Å². The molecule has 1 fully saturated rings. The molecule has 2 nitrogen and oxygen atoms in total. The molecule has 2 rings (SSSR count). The molecule has 1 aliphatic heterocycles. The maximum atomic E-state index is 5.33. The van der Waals surface area contributed by atoms with Crippen LogP contribution in [0.1, 0.15) is 18.4 Å². The average molecular weight is 317 g/mol. The molecule has 15 heavy (non-hydrogen) atoms. The SMILES string of the molecule is Ic1ccc(CNC2CCOCC2)cc1. The number of hydrogen-bond acceptors (Lipinski definition) is 2. The van der Waals surface area contributed by atoms with Crippen LogP contribution in [0.15, 0.2) is 24.3 Å². The van der Waals surface area contributed by atoms with Gasteiger partial charge in [-0.05, 0) is 53.1 Å². The van der Waals surface area contributed by atoms with Crippen molar-refractivity contribution in [2.24, 2.45) is 0 Å². The van der Waals surface area contributed by atoms with Gasteiger partial charge in [0.1, 0.15) is 0 Å². The van der Waals surface area contributed by atoms with Gasteiger partial charge in [-0.25, -0.2) is 0 Å². The van der Waals surface area contributed by atoms with Crippen LogP contribution in [-0.2, 0) is 11.3 Å². The number of hydrogen-bond donors (Lipinski definition) is 1. The standard InChI is InChI=1S/C12H16INO/c13-11-3-1-10(2-4-11)9-14-12-5-7-15-8-6-12/h1-4,12,14H,5-9H2. The van der Waals surface area contributed by atoms with Crippen LogP contribution in [0.5, 0.6) is 0 Å². The van der Waals surface area contributed by atoms with E-state index in [1.54, 1.807) is 0 Å². The van der Waals surface area contributed by atoms with E-state index in [1.165, 1.54) is 9.13 Å². The average Bonchev–Trinajstić information content (AvgIpc) is 2.30.